The fourth-order valence-electron chi connectivity index (χ4n) is 2.30. The van der Waals surface area contributed by atoms with Gasteiger partial charge in [-0.3, -0.25) is 4.68 Å². The lowest BCUT2D eigenvalue weighted by Gasteiger charge is -2.10. The zero-order valence-electron chi connectivity index (χ0n) is 12.5. The van der Waals surface area contributed by atoms with E-state index in [4.69, 9.17) is 20.9 Å². The van der Waals surface area contributed by atoms with Crippen molar-refractivity contribution in [1.82, 2.24) is 19.9 Å². The molecule has 2 aromatic heterocycles. The Kier molecular flexibility index (Phi) is 4.68. The van der Waals surface area contributed by atoms with Crippen molar-refractivity contribution in [2.75, 3.05) is 7.11 Å². The number of halogens is 2. The first-order chi connectivity index (χ1) is 11.1. The highest BCUT2D eigenvalue weighted by Crippen LogP contribution is 2.32. The van der Waals surface area contributed by atoms with E-state index in [1.807, 2.05) is 13.1 Å². The molecule has 2 heterocycles. The zero-order valence-corrected chi connectivity index (χ0v) is 14.9. The number of hydrogen-bond donors (Lipinski definition) is 0. The van der Waals surface area contributed by atoms with Crippen LogP contribution in [0.2, 0.25) is 5.02 Å². The first kappa shape index (κ1) is 16.0. The van der Waals surface area contributed by atoms with Gasteiger partial charge in [-0.15, -0.1) is 0 Å². The summed E-state index contributed by atoms with van der Waals surface area (Å²) in [5, 5.41) is 8.93. The molecule has 0 aliphatic heterocycles. The number of hydrogen-bond acceptors (Lipinski definition) is 5. The third-order valence-electron chi connectivity index (χ3n) is 3.41. The Morgan fingerprint density at radius 1 is 1.43 bits per heavy atom. The summed E-state index contributed by atoms with van der Waals surface area (Å²) in [6.45, 7) is 2.03. The quantitative estimate of drug-likeness (QED) is 0.640. The van der Waals surface area contributed by atoms with Gasteiger partial charge in [0.2, 0.25) is 5.82 Å². The van der Waals surface area contributed by atoms with Gasteiger partial charge in [-0.2, -0.15) is 10.1 Å². The molecule has 0 saturated carbocycles. The largest absolute Gasteiger partial charge is 0.496 e. The van der Waals surface area contributed by atoms with Gasteiger partial charge in [-0.1, -0.05) is 23.7 Å². The first-order valence-corrected chi connectivity index (χ1v) is 8.16. The molecule has 0 saturated heterocycles. The molecule has 120 valence electrons. The molecule has 23 heavy (non-hydrogen) atoms. The molecule has 0 fully saturated rings. The number of benzene rings is 1. The van der Waals surface area contributed by atoms with Gasteiger partial charge in [0.15, 0.2) is 0 Å². The molecule has 0 amide bonds. The Bertz CT molecular complexity index is 817. The van der Waals surface area contributed by atoms with Crippen LogP contribution in [0.5, 0.6) is 5.75 Å². The SMILES string of the molecule is CCC(c1nc(-c2cc(Cl)ccc2OC)no1)n1cc(Br)cn1. The van der Waals surface area contributed by atoms with Gasteiger partial charge in [0.05, 0.1) is 23.3 Å². The molecule has 1 aromatic carbocycles. The second kappa shape index (κ2) is 6.72. The van der Waals surface area contributed by atoms with Gasteiger partial charge in [0.25, 0.3) is 5.89 Å². The van der Waals surface area contributed by atoms with Crippen molar-refractivity contribution in [2.24, 2.45) is 0 Å². The van der Waals surface area contributed by atoms with E-state index in [1.165, 1.54) is 0 Å². The third kappa shape index (κ3) is 3.25. The van der Waals surface area contributed by atoms with Crippen LogP contribution >= 0.6 is 27.5 Å². The summed E-state index contributed by atoms with van der Waals surface area (Å²) in [5.41, 5.74) is 0.687. The van der Waals surface area contributed by atoms with Crippen LogP contribution in [0.4, 0.5) is 0 Å². The zero-order chi connectivity index (χ0) is 16.4. The van der Waals surface area contributed by atoms with Crippen LogP contribution in [0.1, 0.15) is 25.3 Å². The van der Waals surface area contributed by atoms with Crippen molar-refractivity contribution >= 4 is 27.5 Å². The Morgan fingerprint density at radius 2 is 2.26 bits per heavy atom. The fraction of sp³-hybridized carbons (Fsp3) is 0.267. The number of aromatic nitrogens is 4. The average molecular weight is 398 g/mol. The maximum absolute atomic E-state index is 6.06. The lowest BCUT2D eigenvalue weighted by atomic mass is 10.2. The molecule has 1 atom stereocenters. The van der Waals surface area contributed by atoms with E-state index in [0.717, 1.165) is 10.9 Å². The third-order valence-corrected chi connectivity index (χ3v) is 4.05. The minimum absolute atomic E-state index is 0.132. The summed E-state index contributed by atoms with van der Waals surface area (Å²) in [6.07, 6.45) is 4.36. The van der Waals surface area contributed by atoms with Crippen LogP contribution in [-0.2, 0) is 0 Å². The molecule has 1 unspecified atom stereocenters. The van der Waals surface area contributed by atoms with Gasteiger partial charge in [0, 0.05) is 11.2 Å². The number of ether oxygens (including phenoxy) is 1. The summed E-state index contributed by atoms with van der Waals surface area (Å²) in [7, 11) is 1.59. The summed E-state index contributed by atoms with van der Waals surface area (Å²) >= 11 is 9.45. The van der Waals surface area contributed by atoms with E-state index in [1.54, 1.807) is 36.2 Å². The second-order valence-corrected chi connectivity index (χ2v) is 6.22. The normalized spacial score (nSPS) is 12.3. The molecule has 0 bridgehead atoms. The minimum atomic E-state index is -0.132. The lowest BCUT2D eigenvalue weighted by molar-refractivity contribution is 0.321. The summed E-state index contributed by atoms with van der Waals surface area (Å²) in [5.74, 6) is 1.56. The number of methoxy groups -OCH3 is 1. The smallest absolute Gasteiger partial charge is 0.251 e. The minimum Gasteiger partial charge on any atom is -0.496 e. The summed E-state index contributed by atoms with van der Waals surface area (Å²) in [4.78, 5) is 4.49. The lowest BCUT2D eigenvalue weighted by Crippen LogP contribution is -2.10. The monoisotopic (exact) mass is 396 g/mol. The van der Waals surface area contributed by atoms with Gasteiger partial charge < -0.3 is 9.26 Å². The first-order valence-electron chi connectivity index (χ1n) is 6.99. The summed E-state index contributed by atoms with van der Waals surface area (Å²) < 4.78 is 13.5. The molecular formula is C15H14BrClN4O2. The fourth-order valence-corrected chi connectivity index (χ4v) is 2.77. The molecule has 3 aromatic rings. The molecule has 3 rings (SSSR count). The summed E-state index contributed by atoms with van der Waals surface area (Å²) in [6, 6.07) is 5.14. The Morgan fingerprint density at radius 3 is 2.91 bits per heavy atom. The highest BCUT2D eigenvalue weighted by Gasteiger charge is 2.22. The highest BCUT2D eigenvalue weighted by atomic mass is 79.9. The van der Waals surface area contributed by atoms with E-state index in [0.29, 0.717) is 28.1 Å². The van der Waals surface area contributed by atoms with Crippen molar-refractivity contribution in [1.29, 1.82) is 0 Å². The average Bonchev–Trinajstić information content (AvgIpc) is 3.18. The maximum atomic E-state index is 6.06. The number of rotatable bonds is 5. The molecule has 0 spiro atoms. The van der Waals surface area contributed by atoms with Gasteiger partial charge in [-0.05, 0) is 40.5 Å². The molecular weight excluding hydrogens is 384 g/mol. The maximum Gasteiger partial charge on any atom is 0.251 e. The van der Waals surface area contributed by atoms with Crippen molar-refractivity contribution in [2.45, 2.75) is 19.4 Å². The van der Waals surface area contributed by atoms with Crippen molar-refractivity contribution in [3.05, 3.63) is 46.0 Å². The van der Waals surface area contributed by atoms with Gasteiger partial charge >= 0.3 is 0 Å². The van der Waals surface area contributed by atoms with Crippen LogP contribution in [-0.4, -0.2) is 27.0 Å². The second-order valence-electron chi connectivity index (χ2n) is 4.86. The van der Waals surface area contributed by atoms with E-state index < -0.39 is 0 Å². The van der Waals surface area contributed by atoms with Crippen LogP contribution in [0, 0.1) is 0 Å². The van der Waals surface area contributed by atoms with Crippen LogP contribution in [0.25, 0.3) is 11.4 Å². The van der Waals surface area contributed by atoms with Crippen LogP contribution in [0.15, 0.2) is 39.6 Å². The predicted octanol–water partition coefficient (Wildman–Crippen LogP) is 4.36. The van der Waals surface area contributed by atoms with Crippen LogP contribution < -0.4 is 4.74 Å². The van der Waals surface area contributed by atoms with Crippen molar-refractivity contribution < 1.29 is 9.26 Å². The molecule has 0 N–H and O–H groups in total. The molecule has 6 nitrogen and oxygen atoms in total. The van der Waals surface area contributed by atoms with Crippen LogP contribution in [0.3, 0.4) is 0 Å². The Balaban J connectivity index is 1.98. The molecule has 0 aliphatic rings. The molecule has 0 aliphatic carbocycles. The highest BCUT2D eigenvalue weighted by molar-refractivity contribution is 9.10. The molecule has 0 radical (unpaired) electrons. The van der Waals surface area contributed by atoms with E-state index in [-0.39, 0.29) is 6.04 Å². The van der Waals surface area contributed by atoms with Gasteiger partial charge in [-0.25, -0.2) is 0 Å². The van der Waals surface area contributed by atoms with Crippen molar-refractivity contribution in [3.63, 3.8) is 0 Å². The van der Waals surface area contributed by atoms with Crippen molar-refractivity contribution in [3.8, 4) is 17.1 Å². The number of nitrogens with zero attached hydrogens (tertiary/aromatic N) is 4. The Labute approximate surface area is 146 Å². The Hall–Kier alpha value is -1.86. The van der Waals surface area contributed by atoms with E-state index in [9.17, 15) is 0 Å². The van der Waals surface area contributed by atoms with E-state index in [2.05, 4.69) is 31.2 Å². The predicted molar refractivity (Wildman–Crippen MR) is 89.7 cm³/mol. The van der Waals surface area contributed by atoms with E-state index >= 15 is 0 Å². The standard InChI is InChI=1S/C15H14BrClN4O2/c1-3-12(21-8-9(16)7-18-21)15-19-14(20-23-15)11-6-10(17)4-5-13(11)22-2/h4-8,12H,3H2,1-2H3. The topological polar surface area (TPSA) is 66.0 Å². The molecule has 8 heteroatoms. The van der Waals surface area contributed by atoms with Gasteiger partial charge in [0.1, 0.15) is 11.8 Å².